The van der Waals surface area contributed by atoms with Gasteiger partial charge < -0.3 is 4.74 Å². The van der Waals surface area contributed by atoms with Crippen LogP contribution in [0.25, 0.3) is 0 Å². The Hall–Kier alpha value is -1.12. The van der Waals surface area contributed by atoms with E-state index >= 15 is 0 Å². The van der Waals surface area contributed by atoms with Gasteiger partial charge in [0.2, 0.25) is 0 Å². The Bertz CT molecular complexity index is 228. The standard InChI is InChI=1S/C8H12N2O/c1-4-11-8-6(2)5-9-10-7(8)3/h5H,4H2,1-3H3. The van der Waals surface area contributed by atoms with Gasteiger partial charge in [0.15, 0.2) is 0 Å². The molecular formula is C8H12N2O. The molecule has 3 heteroatoms. The first-order valence-electron chi connectivity index (χ1n) is 3.67. The highest BCUT2D eigenvalue weighted by Crippen LogP contribution is 2.18. The third-order valence-corrected chi connectivity index (χ3v) is 1.43. The van der Waals surface area contributed by atoms with Gasteiger partial charge >= 0.3 is 0 Å². The monoisotopic (exact) mass is 152 g/mol. The van der Waals surface area contributed by atoms with Crippen molar-refractivity contribution in [2.45, 2.75) is 20.8 Å². The second kappa shape index (κ2) is 3.32. The van der Waals surface area contributed by atoms with Gasteiger partial charge in [-0.3, -0.25) is 0 Å². The lowest BCUT2D eigenvalue weighted by molar-refractivity contribution is 0.332. The zero-order chi connectivity index (χ0) is 8.27. The molecule has 0 bridgehead atoms. The molecule has 11 heavy (non-hydrogen) atoms. The minimum atomic E-state index is 0.674. The topological polar surface area (TPSA) is 35.0 Å². The molecule has 1 heterocycles. The molecule has 0 saturated carbocycles. The predicted octanol–water partition coefficient (Wildman–Crippen LogP) is 1.49. The van der Waals surface area contributed by atoms with Crippen LogP contribution in [0.2, 0.25) is 0 Å². The zero-order valence-corrected chi connectivity index (χ0v) is 7.09. The van der Waals surface area contributed by atoms with E-state index in [1.54, 1.807) is 6.20 Å². The van der Waals surface area contributed by atoms with Crippen LogP contribution in [0, 0.1) is 13.8 Å². The molecule has 0 spiro atoms. The quantitative estimate of drug-likeness (QED) is 0.644. The SMILES string of the molecule is CCOc1c(C)cnnc1C. The molecule has 1 rings (SSSR count). The Morgan fingerprint density at radius 2 is 2.18 bits per heavy atom. The van der Waals surface area contributed by atoms with E-state index in [0.29, 0.717) is 6.61 Å². The number of ether oxygens (including phenoxy) is 1. The molecule has 0 saturated heterocycles. The maximum Gasteiger partial charge on any atom is 0.146 e. The largest absolute Gasteiger partial charge is 0.492 e. The van der Waals surface area contributed by atoms with Gasteiger partial charge in [-0.15, -0.1) is 0 Å². The van der Waals surface area contributed by atoms with Crippen LogP contribution >= 0.6 is 0 Å². The highest BCUT2D eigenvalue weighted by Gasteiger charge is 2.02. The number of nitrogens with zero attached hydrogens (tertiary/aromatic N) is 2. The lowest BCUT2D eigenvalue weighted by atomic mass is 10.2. The van der Waals surface area contributed by atoms with Crippen molar-refractivity contribution in [2.75, 3.05) is 6.61 Å². The highest BCUT2D eigenvalue weighted by molar-refractivity contribution is 5.32. The van der Waals surface area contributed by atoms with Gasteiger partial charge in [-0.05, 0) is 20.8 Å². The Morgan fingerprint density at radius 1 is 1.45 bits per heavy atom. The summed E-state index contributed by atoms with van der Waals surface area (Å²) >= 11 is 0. The third-order valence-electron chi connectivity index (χ3n) is 1.43. The second-order valence-electron chi connectivity index (χ2n) is 2.38. The van der Waals surface area contributed by atoms with E-state index in [-0.39, 0.29) is 0 Å². The van der Waals surface area contributed by atoms with E-state index in [4.69, 9.17) is 4.74 Å². The van der Waals surface area contributed by atoms with Gasteiger partial charge in [-0.25, -0.2) is 0 Å². The van der Waals surface area contributed by atoms with Gasteiger partial charge in [0.25, 0.3) is 0 Å². The van der Waals surface area contributed by atoms with E-state index in [1.807, 2.05) is 20.8 Å². The van der Waals surface area contributed by atoms with Crippen LogP contribution in [-0.2, 0) is 0 Å². The van der Waals surface area contributed by atoms with E-state index in [9.17, 15) is 0 Å². The Labute approximate surface area is 66.4 Å². The number of rotatable bonds is 2. The molecule has 0 atom stereocenters. The van der Waals surface area contributed by atoms with Crippen molar-refractivity contribution in [1.82, 2.24) is 10.2 Å². The molecule has 0 aliphatic rings. The summed E-state index contributed by atoms with van der Waals surface area (Å²) in [6.45, 7) is 6.49. The van der Waals surface area contributed by atoms with E-state index in [0.717, 1.165) is 17.0 Å². The first-order valence-corrected chi connectivity index (χ1v) is 3.67. The second-order valence-corrected chi connectivity index (χ2v) is 2.38. The first-order chi connectivity index (χ1) is 5.25. The molecule has 0 unspecified atom stereocenters. The van der Waals surface area contributed by atoms with Crippen LogP contribution in [-0.4, -0.2) is 16.8 Å². The Balaban J connectivity index is 3.00. The fraction of sp³-hybridized carbons (Fsp3) is 0.500. The number of hydrogen-bond acceptors (Lipinski definition) is 3. The molecule has 0 amide bonds. The van der Waals surface area contributed by atoms with Crippen molar-refractivity contribution in [1.29, 1.82) is 0 Å². The molecule has 60 valence electrons. The minimum absolute atomic E-state index is 0.674. The van der Waals surface area contributed by atoms with Crippen LogP contribution in [0.1, 0.15) is 18.2 Å². The zero-order valence-electron chi connectivity index (χ0n) is 7.09. The molecule has 0 aliphatic carbocycles. The molecule has 1 aromatic rings. The summed E-state index contributed by atoms with van der Waals surface area (Å²) in [6, 6.07) is 0. The predicted molar refractivity (Wildman–Crippen MR) is 42.7 cm³/mol. The molecule has 0 fully saturated rings. The first kappa shape index (κ1) is 7.98. The minimum Gasteiger partial charge on any atom is -0.492 e. The van der Waals surface area contributed by atoms with Crippen molar-refractivity contribution < 1.29 is 4.74 Å². The Morgan fingerprint density at radius 3 is 2.73 bits per heavy atom. The summed E-state index contributed by atoms with van der Waals surface area (Å²) in [5.41, 5.74) is 1.89. The lowest BCUT2D eigenvalue weighted by Gasteiger charge is -2.06. The summed E-state index contributed by atoms with van der Waals surface area (Å²) in [4.78, 5) is 0. The van der Waals surface area contributed by atoms with Crippen LogP contribution in [0.15, 0.2) is 6.20 Å². The third kappa shape index (κ3) is 1.67. The number of aryl methyl sites for hydroxylation is 2. The van der Waals surface area contributed by atoms with Gasteiger partial charge in [0.1, 0.15) is 11.4 Å². The van der Waals surface area contributed by atoms with E-state index in [1.165, 1.54) is 0 Å². The molecular weight excluding hydrogens is 140 g/mol. The smallest absolute Gasteiger partial charge is 0.146 e. The van der Waals surface area contributed by atoms with Crippen LogP contribution in [0.5, 0.6) is 5.75 Å². The summed E-state index contributed by atoms with van der Waals surface area (Å²) in [5.74, 6) is 0.863. The van der Waals surface area contributed by atoms with Crippen molar-refractivity contribution in [3.63, 3.8) is 0 Å². The van der Waals surface area contributed by atoms with Crippen LogP contribution in [0.3, 0.4) is 0 Å². The molecule has 3 nitrogen and oxygen atoms in total. The van der Waals surface area contributed by atoms with E-state index < -0.39 is 0 Å². The Kier molecular flexibility index (Phi) is 2.41. The lowest BCUT2D eigenvalue weighted by Crippen LogP contribution is -1.99. The molecule has 0 radical (unpaired) electrons. The van der Waals surface area contributed by atoms with Crippen molar-refractivity contribution in [2.24, 2.45) is 0 Å². The van der Waals surface area contributed by atoms with Gasteiger partial charge in [-0.1, -0.05) is 0 Å². The number of aromatic nitrogens is 2. The molecule has 1 aromatic heterocycles. The maximum absolute atomic E-state index is 5.36. The average Bonchev–Trinajstić information content (AvgIpc) is 1.97. The fourth-order valence-corrected chi connectivity index (χ4v) is 0.954. The van der Waals surface area contributed by atoms with Gasteiger partial charge in [-0.2, -0.15) is 10.2 Å². The van der Waals surface area contributed by atoms with Crippen molar-refractivity contribution in [3.8, 4) is 5.75 Å². The van der Waals surface area contributed by atoms with Crippen molar-refractivity contribution >= 4 is 0 Å². The van der Waals surface area contributed by atoms with Crippen molar-refractivity contribution in [3.05, 3.63) is 17.5 Å². The molecule has 0 N–H and O–H groups in total. The maximum atomic E-state index is 5.36. The normalized spacial score (nSPS) is 9.73. The molecule has 0 aromatic carbocycles. The average molecular weight is 152 g/mol. The van der Waals surface area contributed by atoms with Crippen LogP contribution < -0.4 is 4.74 Å². The fourth-order valence-electron chi connectivity index (χ4n) is 0.954. The number of hydrogen-bond donors (Lipinski definition) is 0. The van der Waals surface area contributed by atoms with E-state index in [2.05, 4.69) is 10.2 Å². The molecule has 0 aliphatic heterocycles. The van der Waals surface area contributed by atoms with Crippen LogP contribution in [0.4, 0.5) is 0 Å². The van der Waals surface area contributed by atoms with Gasteiger partial charge in [0, 0.05) is 5.56 Å². The summed E-state index contributed by atoms with van der Waals surface area (Å²) in [5, 5.41) is 7.68. The summed E-state index contributed by atoms with van der Waals surface area (Å²) in [6.07, 6.45) is 1.71. The summed E-state index contributed by atoms with van der Waals surface area (Å²) in [7, 11) is 0. The summed E-state index contributed by atoms with van der Waals surface area (Å²) < 4.78 is 5.36. The van der Waals surface area contributed by atoms with Gasteiger partial charge in [0.05, 0.1) is 12.8 Å². The highest BCUT2D eigenvalue weighted by atomic mass is 16.5.